The normalized spacial score (nSPS) is 11.5. The van der Waals surface area contributed by atoms with E-state index in [1.54, 1.807) is 0 Å². The highest BCUT2D eigenvalue weighted by Crippen LogP contribution is 2.42. The molecule has 0 radical (unpaired) electrons. The molecule has 46 heavy (non-hydrogen) atoms. The minimum absolute atomic E-state index is 1.12. The third-order valence-corrected chi connectivity index (χ3v) is 10.1. The predicted molar refractivity (Wildman–Crippen MR) is 200 cm³/mol. The molecule has 0 aliphatic heterocycles. The van der Waals surface area contributed by atoms with Crippen LogP contribution in [0.3, 0.4) is 0 Å². The summed E-state index contributed by atoms with van der Waals surface area (Å²) in [6, 6.07) is 64.1. The number of nitrogens with zero attached hydrogens (tertiary/aromatic N) is 1. The van der Waals surface area contributed by atoms with E-state index in [4.69, 9.17) is 0 Å². The summed E-state index contributed by atoms with van der Waals surface area (Å²) in [6.45, 7) is 0. The van der Waals surface area contributed by atoms with Crippen molar-refractivity contribution in [1.82, 2.24) is 0 Å². The van der Waals surface area contributed by atoms with Gasteiger partial charge in [0.2, 0.25) is 0 Å². The van der Waals surface area contributed by atoms with E-state index < -0.39 is 0 Å². The van der Waals surface area contributed by atoms with Gasteiger partial charge in [0, 0.05) is 36.9 Å². The third-order valence-electron chi connectivity index (χ3n) is 9.01. The lowest BCUT2D eigenvalue weighted by molar-refractivity contribution is 1.30. The summed E-state index contributed by atoms with van der Waals surface area (Å²) in [5, 5.41) is 7.60. The van der Waals surface area contributed by atoms with Crippen LogP contribution >= 0.6 is 11.3 Å². The second kappa shape index (κ2) is 11.0. The molecule has 0 N–H and O–H groups in total. The summed E-state index contributed by atoms with van der Waals surface area (Å²) in [6.07, 6.45) is 0. The molecule has 2 heteroatoms. The second-order valence-corrected chi connectivity index (χ2v) is 12.9. The molecule has 0 fully saturated rings. The number of fused-ring (bicyclic) bond motifs is 5. The Morgan fingerprint density at radius 1 is 0.326 bits per heavy atom. The summed E-state index contributed by atoms with van der Waals surface area (Å²) >= 11 is 1.87. The van der Waals surface area contributed by atoms with Crippen LogP contribution in [0.25, 0.3) is 64.0 Å². The standard InChI is InChI=1S/C44H29NS/c1-2-12-32-26-35(23-22-30(32)10-1)33-14-7-16-37(27-33)45(42-20-9-13-31-11-3-4-18-39(31)42)38-17-8-15-34(28-38)36-24-25-41-40-19-5-6-21-43(40)46-44(41)29-36/h1-29H. The Kier molecular flexibility index (Phi) is 6.40. The molecule has 0 aliphatic rings. The molecule has 8 aromatic carbocycles. The summed E-state index contributed by atoms with van der Waals surface area (Å²) in [4.78, 5) is 2.41. The van der Waals surface area contributed by atoms with Crippen LogP contribution in [0.4, 0.5) is 17.1 Å². The Bertz CT molecular complexity index is 2550. The molecule has 0 amide bonds. The summed E-state index contributed by atoms with van der Waals surface area (Å²) in [7, 11) is 0. The van der Waals surface area contributed by atoms with E-state index >= 15 is 0 Å². The van der Waals surface area contributed by atoms with Gasteiger partial charge in [0.15, 0.2) is 0 Å². The van der Waals surface area contributed by atoms with Crippen LogP contribution in [0.5, 0.6) is 0 Å². The molecule has 0 aliphatic carbocycles. The van der Waals surface area contributed by atoms with Gasteiger partial charge in [-0.2, -0.15) is 0 Å². The number of benzene rings is 8. The monoisotopic (exact) mass is 603 g/mol. The average molecular weight is 604 g/mol. The van der Waals surface area contributed by atoms with Crippen LogP contribution in [-0.4, -0.2) is 0 Å². The zero-order valence-electron chi connectivity index (χ0n) is 25.1. The lowest BCUT2D eigenvalue weighted by Crippen LogP contribution is -2.10. The fourth-order valence-corrected chi connectivity index (χ4v) is 7.90. The van der Waals surface area contributed by atoms with Crippen molar-refractivity contribution in [2.75, 3.05) is 4.90 Å². The zero-order valence-corrected chi connectivity index (χ0v) is 25.9. The highest BCUT2D eigenvalue weighted by atomic mass is 32.1. The molecule has 0 unspecified atom stereocenters. The van der Waals surface area contributed by atoms with E-state index in [0.717, 1.165) is 17.1 Å². The quantitative estimate of drug-likeness (QED) is 0.189. The highest BCUT2D eigenvalue weighted by molar-refractivity contribution is 7.25. The van der Waals surface area contributed by atoms with Crippen LogP contribution in [0, 0.1) is 0 Å². The van der Waals surface area contributed by atoms with E-state index in [9.17, 15) is 0 Å². The maximum Gasteiger partial charge on any atom is 0.0540 e. The van der Waals surface area contributed by atoms with Crippen LogP contribution in [0.1, 0.15) is 0 Å². The van der Waals surface area contributed by atoms with Crippen molar-refractivity contribution in [3.05, 3.63) is 176 Å². The summed E-state index contributed by atoms with van der Waals surface area (Å²) in [5.41, 5.74) is 8.24. The van der Waals surface area contributed by atoms with Crippen LogP contribution in [0.15, 0.2) is 176 Å². The Labute approximate surface area is 272 Å². The molecule has 9 rings (SSSR count). The first-order valence-electron chi connectivity index (χ1n) is 15.7. The molecule has 0 atom stereocenters. The van der Waals surface area contributed by atoms with Gasteiger partial charge in [-0.3, -0.25) is 0 Å². The van der Waals surface area contributed by atoms with Crippen molar-refractivity contribution in [3.63, 3.8) is 0 Å². The molecule has 1 nitrogen and oxygen atoms in total. The smallest absolute Gasteiger partial charge is 0.0540 e. The molecule has 1 heterocycles. The molecule has 216 valence electrons. The molecule has 0 spiro atoms. The van der Waals surface area contributed by atoms with Crippen molar-refractivity contribution in [1.29, 1.82) is 0 Å². The first kappa shape index (κ1) is 26.7. The maximum absolute atomic E-state index is 2.41. The van der Waals surface area contributed by atoms with Crippen molar-refractivity contribution in [3.8, 4) is 22.3 Å². The molecular formula is C44H29NS. The van der Waals surface area contributed by atoms with E-state index in [1.165, 1.54) is 64.0 Å². The topological polar surface area (TPSA) is 3.24 Å². The second-order valence-electron chi connectivity index (χ2n) is 11.8. The van der Waals surface area contributed by atoms with Gasteiger partial charge < -0.3 is 4.90 Å². The fourth-order valence-electron chi connectivity index (χ4n) is 6.75. The molecule has 0 saturated carbocycles. The Morgan fingerprint density at radius 2 is 0.891 bits per heavy atom. The SMILES string of the molecule is c1cc(-c2ccc3ccccc3c2)cc(N(c2cccc(-c3ccc4c(c3)sc3ccccc34)c2)c2cccc3ccccc23)c1. The van der Waals surface area contributed by atoms with Gasteiger partial charge in [-0.25, -0.2) is 0 Å². The Morgan fingerprint density at radius 3 is 1.70 bits per heavy atom. The van der Waals surface area contributed by atoms with E-state index in [1.807, 2.05) is 11.3 Å². The Balaban J connectivity index is 1.20. The number of hydrogen-bond acceptors (Lipinski definition) is 2. The Hall–Kier alpha value is -5.70. The lowest BCUT2D eigenvalue weighted by atomic mass is 9.99. The zero-order chi connectivity index (χ0) is 30.5. The van der Waals surface area contributed by atoms with E-state index in [0.29, 0.717) is 0 Å². The van der Waals surface area contributed by atoms with Crippen molar-refractivity contribution < 1.29 is 0 Å². The van der Waals surface area contributed by atoms with Crippen molar-refractivity contribution in [2.24, 2.45) is 0 Å². The van der Waals surface area contributed by atoms with Crippen molar-refractivity contribution >= 4 is 70.1 Å². The van der Waals surface area contributed by atoms with Crippen LogP contribution in [0.2, 0.25) is 0 Å². The van der Waals surface area contributed by atoms with E-state index in [-0.39, 0.29) is 0 Å². The summed E-state index contributed by atoms with van der Waals surface area (Å²) in [5.74, 6) is 0. The van der Waals surface area contributed by atoms with Crippen LogP contribution in [-0.2, 0) is 0 Å². The van der Waals surface area contributed by atoms with Gasteiger partial charge in [-0.05, 0) is 86.9 Å². The lowest BCUT2D eigenvalue weighted by Gasteiger charge is -2.28. The molecule has 0 bridgehead atoms. The van der Waals surface area contributed by atoms with Gasteiger partial charge >= 0.3 is 0 Å². The average Bonchev–Trinajstić information content (AvgIpc) is 3.50. The predicted octanol–water partition coefficient (Wildman–Crippen LogP) is 13.2. The van der Waals surface area contributed by atoms with Crippen LogP contribution < -0.4 is 4.90 Å². The van der Waals surface area contributed by atoms with Gasteiger partial charge in [0.25, 0.3) is 0 Å². The van der Waals surface area contributed by atoms with Gasteiger partial charge in [0.05, 0.1) is 5.69 Å². The third kappa shape index (κ3) is 4.63. The number of rotatable bonds is 5. The minimum atomic E-state index is 1.12. The number of hydrogen-bond donors (Lipinski definition) is 0. The minimum Gasteiger partial charge on any atom is -0.310 e. The maximum atomic E-state index is 2.41. The number of thiophene rings is 1. The number of anilines is 3. The van der Waals surface area contributed by atoms with E-state index in [2.05, 4.69) is 181 Å². The molecular weight excluding hydrogens is 575 g/mol. The first-order chi connectivity index (χ1) is 22.8. The molecule has 9 aromatic rings. The van der Waals surface area contributed by atoms with Gasteiger partial charge in [-0.15, -0.1) is 11.3 Å². The highest BCUT2D eigenvalue weighted by Gasteiger charge is 2.17. The molecule has 1 aromatic heterocycles. The summed E-state index contributed by atoms with van der Waals surface area (Å²) < 4.78 is 2.65. The first-order valence-corrected chi connectivity index (χ1v) is 16.5. The largest absolute Gasteiger partial charge is 0.310 e. The van der Waals surface area contributed by atoms with Gasteiger partial charge in [-0.1, -0.05) is 127 Å². The fraction of sp³-hybridized carbons (Fsp3) is 0. The van der Waals surface area contributed by atoms with Gasteiger partial charge in [0.1, 0.15) is 0 Å². The molecule has 0 saturated heterocycles. The van der Waals surface area contributed by atoms with Crippen molar-refractivity contribution in [2.45, 2.75) is 0 Å².